The molecule has 1 aliphatic rings. The number of nitrogens with one attached hydrogen (secondary N) is 1. The van der Waals surface area contributed by atoms with Gasteiger partial charge in [0.2, 0.25) is 0 Å². The van der Waals surface area contributed by atoms with Crippen molar-refractivity contribution in [2.75, 3.05) is 18.5 Å². The third kappa shape index (κ3) is 1.93. The summed E-state index contributed by atoms with van der Waals surface area (Å²) in [7, 11) is 0. The molecule has 0 radical (unpaired) electrons. The largest absolute Gasteiger partial charge is 0.388 e. The zero-order chi connectivity index (χ0) is 9.10. The molecule has 2 rings (SSSR count). The minimum Gasteiger partial charge on any atom is -0.388 e. The lowest BCUT2D eigenvalue weighted by atomic mass is 10.2. The summed E-state index contributed by atoms with van der Waals surface area (Å²) in [5, 5.41) is 12.5. The summed E-state index contributed by atoms with van der Waals surface area (Å²) in [6.07, 6.45) is 2.66. The molecule has 0 spiro atoms. The maximum Gasteiger partial charge on any atom is 0.129 e. The molecule has 0 aromatic carbocycles. The SMILES string of the molecule is O[C@@H]1COC[C@H]1Nc1ccncn1. The maximum absolute atomic E-state index is 9.42. The summed E-state index contributed by atoms with van der Waals surface area (Å²) in [5.41, 5.74) is 0. The van der Waals surface area contributed by atoms with Crippen molar-refractivity contribution in [3.05, 3.63) is 18.6 Å². The Bertz CT molecular complexity index is 267. The summed E-state index contributed by atoms with van der Waals surface area (Å²) in [6, 6.07) is 1.69. The first-order valence-electron chi connectivity index (χ1n) is 4.14. The van der Waals surface area contributed by atoms with Crippen LogP contribution in [-0.2, 0) is 4.74 Å². The number of aliphatic hydroxyl groups excluding tert-OH is 1. The number of nitrogens with zero attached hydrogens (tertiary/aromatic N) is 2. The van der Waals surface area contributed by atoms with E-state index in [1.807, 2.05) is 0 Å². The molecule has 1 fully saturated rings. The third-order valence-electron chi connectivity index (χ3n) is 1.97. The summed E-state index contributed by atoms with van der Waals surface area (Å²) >= 11 is 0. The molecule has 0 amide bonds. The zero-order valence-electron chi connectivity index (χ0n) is 7.05. The second-order valence-corrected chi connectivity index (χ2v) is 2.95. The predicted molar refractivity (Wildman–Crippen MR) is 46.3 cm³/mol. The van der Waals surface area contributed by atoms with Crippen LogP contribution in [0.4, 0.5) is 5.82 Å². The smallest absolute Gasteiger partial charge is 0.129 e. The number of anilines is 1. The molecule has 1 aromatic rings. The van der Waals surface area contributed by atoms with Crippen molar-refractivity contribution in [3.8, 4) is 0 Å². The van der Waals surface area contributed by atoms with Gasteiger partial charge in [0.15, 0.2) is 0 Å². The van der Waals surface area contributed by atoms with Gasteiger partial charge in [-0.3, -0.25) is 0 Å². The standard InChI is InChI=1S/C8H11N3O2/c12-7-4-13-3-6(7)11-8-1-2-9-5-10-8/h1-2,5-7,12H,3-4H2,(H,9,10,11)/t6-,7-/m1/s1. The number of rotatable bonds is 2. The summed E-state index contributed by atoms with van der Waals surface area (Å²) in [5.74, 6) is 0.713. The van der Waals surface area contributed by atoms with Gasteiger partial charge in [-0.2, -0.15) is 0 Å². The van der Waals surface area contributed by atoms with E-state index in [2.05, 4.69) is 15.3 Å². The number of aromatic nitrogens is 2. The molecule has 1 aromatic heterocycles. The Balaban J connectivity index is 1.98. The van der Waals surface area contributed by atoms with Crippen molar-refractivity contribution in [1.82, 2.24) is 9.97 Å². The van der Waals surface area contributed by atoms with Gasteiger partial charge >= 0.3 is 0 Å². The molecule has 2 heterocycles. The highest BCUT2D eigenvalue weighted by molar-refractivity contribution is 5.33. The fourth-order valence-corrected chi connectivity index (χ4v) is 1.25. The Morgan fingerprint density at radius 3 is 3.08 bits per heavy atom. The fraction of sp³-hybridized carbons (Fsp3) is 0.500. The monoisotopic (exact) mass is 181 g/mol. The number of aliphatic hydroxyl groups is 1. The lowest BCUT2D eigenvalue weighted by Crippen LogP contribution is -2.32. The van der Waals surface area contributed by atoms with Crippen molar-refractivity contribution in [1.29, 1.82) is 0 Å². The summed E-state index contributed by atoms with van der Waals surface area (Å²) in [4.78, 5) is 7.78. The first-order chi connectivity index (χ1) is 6.36. The minimum absolute atomic E-state index is 0.0603. The molecule has 2 N–H and O–H groups in total. The molecular formula is C8H11N3O2. The lowest BCUT2D eigenvalue weighted by Gasteiger charge is -2.14. The quantitative estimate of drug-likeness (QED) is 0.652. The van der Waals surface area contributed by atoms with E-state index in [1.54, 1.807) is 12.3 Å². The van der Waals surface area contributed by atoms with Crippen LogP contribution >= 0.6 is 0 Å². The van der Waals surface area contributed by atoms with Crippen LogP contribution in [0.3, 0.4) is 0 Å². The molecule has 0 bridgehead atoms. The Morgan fingerprint density at radius 2 is 2.46 bits per heavy atom. The van der Waals surface area contributed by atoms with Crippen LogP contribution in [-0.4, -0.2) is 40.4 Å². The van der Waals surface area contributed by atoms with E-state index >= 15 is 0 Å². The summed E-state index contributed by atoms with van der Waals surface area (Å²) < 4.78 is 5.09. The normalized spacial score (nSPS) is 27.5. The highest BCUT2D eigenvalue weighted by Crippen LogP contribution is 2.10. The van der Waals surface area contributed by atoms with Gasteiger partial charge in [-0.1, -0.05) is 0 Å². The van der Waals surface area contributed by atoms with Gasteiger partial charge in [0, 0.05) is 6.20 Å². The first-order valence-corrected chi connectivity index (χ1v) is 4.14. The third-order valence-corrected chi connectivity index (χ3v) is 1.97. The van der Waals surface area contributed by atoms with Gasteiger partial charge in [0.1, 0.15) is 12.1 Å². The fourth-order valence-electron chi connectivity index (χ4n) is 1.25. The maximum atomic E-state index is 9.42. The molecule has 70 valence electrons. The van der Waals surface area contributed by atoms with Gasteiger partial charge < -0.3 is 15.2 Å². The molecule has 0 aliphatic carbocycles. The average molecular weight is 181 g/mol. The van der Waals surface area contributed by atoms with E-state index in [1.165, 1.54) is 6.33 Å². The Morgan fingerprint density at radius 1 is 1.54 bits per heavy atom. The van der Waals surface area contributed by atoms with Gasteiger partial charge in [-0.05, 0) is 6.07 Å². The van der Waals surface area contributed by atoms with Crippen molar-refractivity contribution in [3.63, 3.8) is 0 Å². The Hall–Kier alpha value is -1.20. The van der Waals surface area contributed by atoms with Crippen LogP contribution in [0.25, 0.3) is 0 Å². The zero-order valence-corrected chi connectivity index (χ0v) is 7.05. The summed E-state index contributed by atoms with van der Waals surface area (Å²) in [6.45, 7) is 0.911. The molecular weight excluding hydrogens is 170 g/mol. The van der Waals surface area contributed by atoms with Crippen molar-refractivity contribution in [2.24, 2.45) is 0 Å². The predicted octanol–water partition coefficient (Wildman–Crippen LogP) is -0.352. The number of ether oxygens (including phenoxy) is 1. The Labute approximate surface area is 75.8 Å². The van der Waals surface area contributed by atoms with Gasteiger partial charge in [0.25, 0.3) is 0 Å². The van der Waals surface area contributed by atoms with Crippen molar-refractivity contribution < 1.29 is 9.84 Å². The van der Waals surface area contributed by atoms with E-state index < -0.39 is 6.10 Å². The van der Waals surface area contributed by atoms with E-state index in [0.29, 0.717) is 19.0 Å². The first kappa shape index (κ1) is 8.40. The second-order valence-electron chi connectivity index (χ2n) is 2.95. The van der Waals surface area contributed by atoms with Crippen LogP contribution in [0, 0.1) is 0 Å². The second kappa shape index (κ2) is 3.68. The van der Waals surface area contributed by atoms with Gasteiger partial charge in [0.05, 0.1) is 25.4 Å². The van der Waals surface area contributed by atoms with E-state index in [4.69, 9.17) is 4.74 Å². The highest BCUT2D eigenvalue weighted by Gasteiger charge is 2.25. The molecule has 13 heavy (non-hydrogen) atoms. The molecule has 2 atom stereocenters. The molecule has 0 saturated carbocycles. The van der Waals surface area contributed by atoms with E-state index in [9.17, 15) is 5.11 Å². The Kier molecular flexibility index (Phi) is 2.37. The molecule has 1 aliphatic heterocycles. The lowest BCUT2D eigenvalue weighted by molar-refractivity contribution is 0.125. The van der Waals surface area contributed by atoms with Crippen LogP contribution < -0.4 is 5.32 Å². The topological polar surface area (TPSA) is 67.3 Å². The molecule has 5 heteroatoms. The molecule has 5 nitrogen and oxygen atoms in total. The van der Waals surface area contributed by atoms with E-state index in [0.717, 1.165) is 0 Å². The molecule has 1 saturated heterocycles. The van der Waals surface area contributed by atoms with Crippen LogP contribution in [0.1, 0.15) is 0 Å². The van der Waals surface area contributed by atoms with Crippen LogP contribution in [0.15, 0.2) is 18.6 Å². The van der Waals surface area contributed by atoms with Crippen molar-refractivity contribution in [2.45, 2.75) is 12.1 Å². The average Bonchev–Trinajstić information content (AvgIpc) is 2.54. The molecule has 0 unspecified atom stereocenters. The minimum atomic E-state index is -0.449. The van der Waals surface area contributed by atoms with E-state index in [-0.39, 0.29) is 6.04 Å². The van der Waals surface area contributed by atoms with Gasteiger partial charge in [-0.25, -0.2) is 9.97 Å². The highest BCUT2D eigenvalue weighted by atomic mass is 16.5. The number of hydrogen-bond donors (Lipinski definition) is 2. The van der Waals surface area contributed by atoms with Crippen LogP contribution in [0.2, 0.25) is 0 Å². The van der Waals surface area contributed by atoms with Gasteiger partial charge in [-0.15, -0.1) is 0 Å². The number of hydrogen-bond acceptors (Lipinski definition) is 5. The van der Waals surface area contributed by atoms with Crippen LogP contribution in [0.5, 0.6) is 0 Å². The van der Waals surface area contributed by atoms with Crippen molar-refractivity contribution >= 4 is 5.82 Å².